The standard InChI is InChI=1S/C24H30FN3O4/c1-15(2)18-8-6-7-9-19(18)23(31)28(14-21(29)26-24(3,4)5)13-17-11-10-16(12-20(17)25)22(30)27-32/h6-12,15,32H,13-14H2,1-5H3,(H,26,29)(H,27,30). The second-order valence-corrected chi connectivity index (χ2v) is 8.95. The zero-order chi connectivity index (χ0) is 24.1. The Bertz CT molecular complexity index is 999. The minimum absolute atomic E-state index is 0.0674. The first-order valence-corrected chi connectivity index (χ1v) is 10.3. The van der Waals surface area contributed by atoms with E-state index in [2.05, 4.69) is 5.32 Å². The van der Waals surface area contributed by atoms with Crippen molar-refractivity contribution in [3.63, 3.8) is 0 Å². The molecule has 172 valence electrons. The van der Waals surface area contributed by atoms with Gasteiger partial charge in [-0.1, -0.05) is 38.1 Å². The monoisotopic (exact) mass is 443 g/mol. The van der Waals surface area contributed by atoms with Gasteiger partial charge in [-0.3, -0.25) is 19.6 Å². The fourth-order valence-electron chi connectivity index (χ4n) is 3.28. The molecule has 8 heteroatoms. The van der Waals surface area contributed by atoms with Gasteiger partial charge >= 0.3 is 0 Å². The first-order valence-electron chi connectivity index (χ1n) is 10.3. The molecule has 0 heterocycles. The van der Waals surface area contributed by atoms with E-state index in [4.69, 9.17) is 5.21 Å². The predicted octanol–water partition coefficient (Wildman–Crippen LogP) is 3.63. The second kappa shape index (κ2) is 10.4. The number of rotatable bonds is 7. The quantitative estimate of drug-likeness (QED) is 0.450. The smallest absolute Gasteiger partial charge is 0.274 e. The third-order valence-corrected chi connectivity index (χ3v) is 4.73. The normalized spacial score (nSPS) is 11.2. The summed E-state index contributed by atoms with van der Waals surface area (Å²) in [5.74, 6) is -2.26. The van der Waals surface area contributed by atoms with E-state index in [1.807, 2.05) is 46.8 Å². The Labute approximate surface area is 187 Å². The van der Waals surface area contributed by atoms with Gasteiger partial charge in [0.2, 0.25) is 5.91 Å². The van der Waals surface area contributed by atoms with E-state index in [-0.39, 0.29) is 36.0 Å². The highest BCUT2D eigenvalue weighted by Gasteiger charge is 2.25. The summed E-state index contributed by atoms with van der Waals surface area (Å²) in [6.07, 6.45) is 0. The third-order valence-electron chi connectivity index (χ3n) is 4.73. The summed E-state index contributed by atoms with van der Waals surface area (Å²) >= 11 is 0. The van der Waals surface area contributed by atoms with Crippen LogP contribution in [0.15, 0.2) is 42.5 Å². The van der Waals surface area contributed by atoms with Crippen LogP contribution in [-0.2, 0) is 11.3 Å². The van der Waals surface area contributed by atoms with Gasteiger partial charge in [-0.25, -0.2) is 9.87 Å². The second-order valence-electron chi connectivity index (χ2n) is 8.95. The summed E-state index contributed by atoms with van der Waals surface area (Å²) in [6.45, 7) is 8.98. The van der Waals surface area contributed by atoms with E-state index in [0.29, 0.717) is 5.56 Å². The van der Waals surface area contributed by atoms with Gasteiger partial charge in [-0.2, -0.15) is 0 Å². The van der Waals surface area contributed by atoms with E-state index in [1.165, 1.54) is 22.5 Å². The van der Waals surface area contributed by atoms with Crippen molar-refractivity contribution in [2.75, 3.05) is 6.54 Å². The Hall–Kier alpha value is -3.26. The molecule has 0 unspecified atom stereocenters. The van der Waals surface area contributed by atoms with Crippen LogP contribution < -0.4 is 10.8 Å². The van der Waals surface area contributed by atoms with Crippen molar-refractivity contribution in [1.82, 2.24) is 15.7 Å². The maximum Gasteiger partial charge on any atom is 0.274 e. The van der Waals surface area contributed by atoms with Crippen molar-refractivity contribution >= 4 is 17.7 Å². The molecule has 0 aliphatic rings. The molecule has 2 aromatic rings. The zero-order valence-electron chi connectivity index (χ0n) is 19.0. The minimum Gasteiger partial charge on any atom is -0.350 e. The van der Waals surface area contributed by atoms with Gasteiger partial charge in [0.1, 0.15) is 12.4 Å². The zero-order valence-corrected chi connectivity index (χ0v) is 19.0. The van der Waals surface area contributed by atoms with Crippen molar-refractivity contribution in [2.45, 2.75) is 52.6 Å². The van der Waals surface area contributed by atoms with Gasteiger partial charge in [-0.05, 0) is 50.5 Å². The van der Waals surface area contributed by atoms with Gasteiger partial charge in [0, 0.05) is 28.8 Å². The van der Waals surface area contributed by atoms with Crippen LogP contribution in [0.25, 0.3) is 0 Å². The maximum atomic E-state index is 14.7. The molecular weight excluding hydrogens is 413 g/mol. The summed E-state index contributed by atoms with van der Waals surface area (Å²) in [7, 11) is 0. The van der Waals surface area contributed by atoms with Crippen LogP contribution in [0.3, 0.4) is 0 Å². The van der Waals surface area contributed by atoms with E-state index < -0.39 is 23.2 Å². The molecule has 2 rings (SSSR count). The summed E-state index contributed by atoms with van der Waals surface area (Å²) in [4.78, 5) is 38.8. The Morgan fingerprint density at radius 3 is 2.31 bits per heavy atom. The van der Waals surface area contributed by atoms with E-state index in [1.54, 1.807) is 12.1 Å². The lowest BCUT2D eigenvalue weighted by molar-refractivity contribution is -0.123. The molecule has 3 amide bonds. The fraction of sp³-hybridized carbons (Fsp3) is 0.375. The molecule has 0 bridgehead atoms. The van der Waals surface area contributed by atoms with Gasteiger partial charge in [0.15, 0.2) is 0 Å². The molecule has 7 nitrogen and oxygen atoms in total. The Morgan fingerprint density at radius 2 is 1.75 bits per heavy atom. The average Bonchev–Trinajstić information content (AvgIpc) is 2.72. The van der Waals surface area contributed by atoms with Crippen LogP contribution in [0.5, 0.6) is 0 Å². The van der Waals surface area contributed by atoms with Crippen molar-refractivity contribution < 1.29 is 24.0 Å². The summed E-state index contributed by atoms with van der Waals surface area (Å²) in [5, 5.41) is 11.6. The van der Waals surface area contributed by atoms with Crippen LogP contribution >= 0.6 is 0 Å². The minimum atomic E-state index is -0.848. The number of halogens is 1. The largest absolute Gasteiger partial charge is 0.350 e. The van der Waals surface area contributed by atoms with Crippen LogP contribution in [-0.4, -0.2) is 39.9 Å². The van der Waals surface area contributed by atoms with Gasteiger partial charge in [0.05, 0.1) is 0 Å². The molecule has 0 saturated carbocycles. The Kier molecular flexibility index (Phi) is 8.10. The highest BCUT2D eigenvalue weighted by Crippen LogP contribution is 2.22. The van der Waals surface area contributed by atoms with E-state index in [0.717, 1.165) is 11.6 Å². The SMILES string of the molecule is CC(C)c1ccccc1C(=O)N(CC(=O)NC(C)(C)C)Cc1ccc(C(=O)NO)cc1F. The number of amides is 3. The van der Waals surface area contributed by atoms with Crippen LogP contribution in [0.1, 0.15) is 72.4 Å². The highest BCUT2D eigenvalue weighted by molar-refractivity contribution is 5.98. The molecule has 0 saturated heterocycles. The number of benzene rings is 2. The van der Waals surface area contributed by atoms with Gasteiger partial charge in [0.25, 0.3) is 11.8 Å². The lowest BCUT2D eigenvalue weighted by atomic mass is 9.96. The van der Waals surface area contributed by atoms with Crippen molar-refractivity contribution in [3.05, 3.63) is 70.5 Å². The predicted molar refractivity (Wildman–Crippen MR) is 119 cm³/mol. The Balaban J connectivity index is 2.40. The summed E-state index contributed by atoms with van der Waals surface area (Å²) in [5.41, 5.74) is 2.30. The number of hydrogen-bond donors (Lipinski definition) is 3. The topological polar surface area (TPSA) is 98.7 Å². The maximum absolute atomic E-state index is 14.7. The number of nitrogens with zero attached hydrogens (tertiary/aromatic N) is 1. The van der Waals surface area contributed by atoms with E-state index >= 15 is 0 Å². The first-order chi connectivity index (χ1) is 14.9. The molecule has 3 N–H and O–H groups in total. The lowest BCUT2D eigenvalue weighted by Crippen LogP contribution is -2.47. The van der Waals surface area contributed by atoms with Gasteiger partial charge < -0.3 is 10.2 Å². The average molecular weight is 444 g/mol. The summed E-state index contributed by atoms with van der Waals surface area (Å²) < 4.78 is 14.7. The molecule has 0 fully saturated rings. The molecule has 0 aromatic heterocycles. The van der Waals surface area contributed by atoms with Crippen molar-refractivity contribution in [3.8, 4) is 0 Å². The first kappa shape index (κ1) is 25.0. The molecule has 0 radical (unpaired) electrons. The third kappa shape index (κ3) is 6.62. The van der Waals surface area contributed by atoms with Crippen molar-refractivity contribution in [2.24, 2.45) is 0 Å². The van der Waals surface area contributed by atoms with Crippen molar-refractivity contribution in [1.29, 1.82) is 0 Å². The van der Waals surface area contributed by atoms with E-state index in [9.17, 15) is 18.8 Å². The number of hydroxylamine groups is 1. The van der Waals surface area contributed by atoms with Gasteiger partial charge in [-0.15, -0.1) is 0 Å². The molecule has 32 heavy (non-hydrogen) atoms. The summed E-state index contributed by atoms with van der Waals surface area (Å²) in [6, 6.07) is 10.8. The Morgan fingerprint density at radius 1 is 1.09 bits per heavy atom. The van der Waals surface area contributed by atoms with Crippen LogP contribution in [0, 0.1) is 5.82 Å². The lowest BCUT2D eigenvalue weighted by Gasteiger charge is -2.27. The number of carbonyl (C=O) groups excluding carboxylic acids is 3. The van der Waals surface area contributed by atoms with Crippen LogP contribution in [0.4, 0.5) is 4.39 Å². The van der Waals surface area contributed by atoms with Crippen LogP contribution in [0.2, 0.25) is 0 Å². The fourth-order valence-corrected chi connectivity index (χ4v) is 3.28. The molecule has 0 aliphatic heterocycles. The highest BCUT2D eigenvalue weighted by atomic mass is 19.1. The molecular formula is C24H30FN3O4. The molecule has 0 atom stereocenters. The number of carbonyl (C=O) groups is 3. The molecule has 0 aliphatic carbocycles. The number of nitrogens with one attached hydrogen (secondary N) is 2. The molecule has 0 spiro atoms. The molecule has 2 aromatic carbocycles. The number of hydrogen-bond acceptors (Lipinski definition) is 4.